The van der Waals surface area contributed by atoms with Gasteiger partial charge in [0.2, 0.25) is 0 Å². The van der Waals surface area contributed by atoms with Crippen LogP contribution < -0.4 is 10.6 Å². The number of nitrogens with one attached hydrogen (secondary N) is 2. The van der Waals surface area contributed by atoms with E-state index in [2.05, 4.69) is 20.9 Å². The Morgan fingerprint density at radius 1 is 1.28 bits per heavy atom. The van der Waals surface area contributed by atoms with E-state index >= 15 is 0 Å². The lowest BCUT2D eigenvalue weighted by atomic mass is 10.2. The van der Waals surface area contributed by atoms with Gasteiger partial charge in [-0.1, -0.05) is 5.21 Å². The van der Waals surface area contributed by atoms with Gasteiger partial charge in [0, 0.05) is 12.8 Å². The maximum Gasteiger partial charge on any atom is 0.319 e. The molecular weight excluding hydrogens is 322 g/mol. The number of hydrogen-bond donors (Lipinski definition) is 2. The molecule has 0 aliphatic carbocycles. The normalized spacial score (nSPS) is 11.9. The quantitative estimate of drug-likeness (QED) is 0.719. The Balaban J connectivity index is 1.62. The zero-order chi connectivity index (χ0) is 17.6. The second-order valence-electron chi connectivity index (χ2n) is 5.45. The Labute approximate surface area is 144 Å². The third-order valence-electron chi connectivity index (χ3n) is 3.56. The molecule has 1 unspecified atom stereocenters. The molecule has 130 valence electrons. The van der Waals surface area contributed by atoms with E-state index in [0.29, 0.717) is 18.1 Å². The second kappa shape index (κ2) is 7.63. The molecule has 0 aliphatic rings. The summed E-state index contributed by atoms with van der Waals surface area (Å²) in [6.07, 6.45) is 3.35. The molecule has 8 nitrogen and oxygen atoms in total. The van der Waals surface area contributed by atoms with Crippen LogP contribution in [0.3, 0.4) is 0 Å². The molecule has 0 radical (unpaired) electrons. The van der Waals surface area contributed by atoms with Gasteiger partial charge in [-0.3, -0.25) is 0 Å². The smallest absolute Gasteiger partial charge is 0.319 e. The van der Waals surface area contributed by atoms with Crippen molar-refractivity contribution in [2.75, 3.05) is 19.0 Å². The fourth-order valence-electron chi connectivity index (χ4n) is 2.37. The highest BCUT2D eigenvalue weighted by Gasteiger charge is 2.18. The van der Waals surface area contributed by atoms with Crippen molar-refractivity contribution >= 4 is 11.7 Å². The lowest BCUT2D eigenvalue weighted by Crippen LogP contribution is -2.34. The zero-order valence-electron chi connectivity index (χ0n) is 14.0. The molecule has 0 saturated carbocycles. The van der Waals surface area contributed by atoms with Gasteiger partial charge in [0.1, 0.15) is 17.6 Å². The van der Waals surface area contributed by atoms with E-state index in [1.54, 1.807) is 36.3 Å². The Morgan fingerprint density at radius 2 is 2.08 bits per heavy atom. The first-order chi connectivity index (χ1) is 12.2. The molecule has 3 rings (SSSR count). The monoisotopic (exact) mass is 341 g/mol. The molecule has 2 aromatic heterocycles. The van der Waals surface area contributed by atoms with Gasteiger partial charge in [-0.2, -0.15) is 0 Å². The summed E-state index contributed by atoms with van der Waals surface area (Å²) in [6.45, 7) is 2.16. The predicted octanol–water partition coefficient (Wildman–Crippen LogP) is 2.68. The van der Waals surface area contributed by atoms with Crippen molar-refractivity contribution in [3.63, 3.8) is 0 Å². The van der Waals surface area contributed by atoms with Crippen LogP contribution in [-0.4, -0.2) is 34.7 Å². The molecule has 25 heavy (non-hydrogen) atoms. The van der Waals surface area contributed by atoms with E-state index in [4.69, 9.17) is 9.15 Å². The minimum Gasteiger partial charge on any atom is -0.464 e. The highest BCUT2D eigenvalue weighted by molar-refractivity contribution is 5.89. The molecule has 1 atom stereocenters. The number of benzene rings is 1. The summed E-state index contributed by atoms with van der Waals surface area (Å²) in [5.41, 5.74) is 1.51. The van der Waals surface area contributed by atoms with Crippen LogP contribution in [0.1, 0.15) is 17.6 Å². The third kappa shape index (κ3) is 4.24. The van der Waals surface area contributed by atoms with Gasteiger partial charge in [-0.25, -0.2) is 9.48 Å². The summed E-state index contributed by atoms with van der Waals surface area (Å²) in [6, 6.07) is 10.2. The molecule has 1 aromatic carbocycles. The molecule has 3 aromatic rings. The standard InChI is InChI=1S/C17H19N5O3/c1-12-3-8-16(25-12)15(11-24-2)20-17(23)19-13-4-6-14(7-5-13)22-10-9-18-21-22/h3-10,15H,11H2,1-2H3,(H2,19,20,23). The molecular formula is C17H19N5O3. The SMILES string of the molecule is COCC(NC(=O)Nc1ccc(-n2ccnn2)cc1)c1ccc(C)o1. The molecule has 0 aliphatic heterocycles. The van der Waals surface area contributed by atoms with Gasteiger partial charge < -0.3 is 19.8 Å². The first-order valence-electron chi connectivity index (χ1n) is 7.75. The highest BCUT2D eigenvalue weighted by Crippen LogP contribution is 2.17. The number of carbonyl (C=O) groups is 1. The fourth-order valence-corrected chi connectivity index (χ4v) is 2.37. The lowest BCUT2D eigenvalue weighted by Gasteiger charge is -2.16. The summed E-state index contributed by atoms with van der Waals surface area (Å²) < 4.78 is 12.4. The average Bonchev–Trinajstić information content (AvgIpc) is 3.27. The van der Waals surface area contributed by atoms with Crippen LogP contribution in [0, 0.1) is 6.92 Å². The molecule has 8 heteroatoms. The Hall–Kier alpha value is -3.13. The molecule has 0 bridgehead atoms. The number of nitrogens with zero attached hydrogens (tertiary/aromatic N) is 3. The predicted molar refractivity (Wildman–Crippen MR) is 91.6 cm³/mol. The largest absolute Gasteiger partial charge is 0.464 e. The number of carbonyl (C=O) groups excluding carboxylic acids is 1. The van der Waals surface area contributed by atoms with Crippen molar-refractivity contribution in [1.29, 1.82) is 0 Å². The Morgan fingerprint density at radius 3 is 2.68 bits per heavy atom. The average molecular weight is 341 g/mol. The minimum absolute atomic E-state index is 0.311. The van der Waals surface area contributed by atoms with Crippen molar-refractivity contribution in [3.8, 4) is 5.69 Å². The highest BCUT2D eigenvalue weighted by atomic mass is 16.5. The number of hydrogen-bond acceptors (Lipinski definition) is 5. The summed E-state index contributed by atoms with van der Waals surface area (Å²) >= 11 is 0. The van der Waals surface area contributed by atoms with Crippen LogP contribution >= 0.6 is 0 Å². The molecule has 2 heterocycles. The topological polar surface area (TPSA) is 94.2 Å². The third-order valence-corrected chi connectivity index (χ3v) is 3.56. The van der Waals surface area contributed by atoms with Gasteiger partial charge in [-0.15, -0.1) is 5.10 Å². The summed E-state index contributed by atoms with van der Waals surface area (Å²) in [5, 5.41) is 13.3. The number of amides is 2. The van der Waals surface area contributed by atoms with Crippen LogP contribution in [0.15, 0.2) is 53.2 Å². The van der Waals surface area contributed by atoms with E-state index in [1.165, 1.54) is 0 Å². The summed E-state index contributed by atoms with van der Waals surface area (Å²) in [4.78, 5) is 12.2. The van der Waals surface area contributed by atoms with Gasteiger partial charge in [0.15, 0.2) is 0 Å². The van der Waals surface area contributed by atoms with Crippen molar-refractivity contribution in [1.82, 2.24) is 20.3 Å². The van der Waals surface area contributed by atoms with Crippen LogP contribution in [0.2, 0.25) is 0 Å². The lowest BCUT2D eigenvalue weighted by molar-refractivity contribution is 0.158. The first-order valence-corrected chi connectivity index (χ1v) is 7.75. The van der Waals surface area contributed by atoms with Crippen LogP contribution in [0.4, 0.5) is 10.5 Å². The molecule has 0 spiro atoms. The molecule has 0 saturated heterocycles. The molecule has 2 N–H and O–H groups in total. The van der Waals surface area contributed by atoms with Gasteiger partial charge in [0.05, 0.1) is 24.7 Å². The zero-order valence-corrected chi connectivity index (χ0v) is 14.0. The second-order valence-corrected chi connectivity index (χ2v) is 5.45. The number of rotatable bonds is 6. The fraction of sp³-hybridized carbons (Fsp3) is 0.235. The van der Waals surface area contributed by atoms with Crippen LogP contribution in [0.25, 0.3) is 5.69 Å². The van der Waals surface area contributed by atoms with Crippen molar-refractivity contribution in [3.05, 3.63) is 60.3 Å². The maximum absolute atomic E-state index is 12.2. The number of aryl methyl sites for hydroxylation is 1. The number of anilines is 1. The number of furan rings is 1. The minimum atomic E-state index is -0.367. The van der Waals surface area contributed by atoms with E-state index in [9.17, 15) is 4.79 Å². The van der Waals surface area contributed by atoms with Crippen molar-refractivity contribution in [2.24, 2.45) is 0 Å². The molecule has 2 amide bonds. The summed E-state index contributed by atoms with van der Waals surface area (Å²) in [7, 11) is 1.57. The van der Waals surface area contributed by atoms with Gasteiger partial charge in [0.25, 0.3) is 0 Å². The summed E-state index contributed by atoms with van der Waals surface area (Å²) in [5.74, 6) is 1.43. The number of ether oxygens (including phenoxy) is 1. The van der Waals surface area contributed by atoms with Crippen molar-refractivity contribution < 1.29 is 13.9 Å². The van der Waals surface area contributed by atoms with Gasteiger partial charge in [-0.05, 0) is 43.3 Å². The number of methoxy groups -OCH3 is 1. The number of urea groups is 1. The Bertz CT molecular complexity index is 811. The van der Waals surface area contributed by atoms with Crippen LogP contribution in [0.5, 0.6) is 0 Å². The maximum atomic E-state index is 12.2. The van der Waals surface area contributed by atoms with E-state index in [-0.39, 0.29) is 12.1 Å². The van der Waals surface area contributed by atoms with E-state index < -0.39 is 0 Å². The Kier molecular flexibility index (Phi) is 5.10. The van der Waals surface area contributed by atoms with Gasteiger partial charge >= 0.3 is 6.03 Å². The van der Waals surface area contributed by atoms with E-state index in [0.717, 1.165) is 11.4 Å². The molecule has 0 fully saturated rings. The number of aromatic nitrogens is 3. The van der Waals surface area contributed by atoms with Crippen molar-refractivity contribution in [2.45, 2.75) is 13.0 Å². The first kappa shape index (κ1) is 16.7. The van der Waals surface area contributed by atoms with E-state index in [1.807, 2.05) is 31.2 Å². The van der Waals surface area contributed by atoms with Crippen LogP contribution in [-0.2, 0) is 4.74 Å².